The molecular weight excluding hydrogens is 280 g/mol. The summed E-state index contributed by atoms with van der Waals surface area (Å²) in [7, 11) is 6.23. The second-order valence-electron chi connectivity index (χ2n) is 5.52. The standard InChI is InChI=1S/C12H21ClN6O/c1-5-7(19(2,3)4)6-16-12(20)8-10(14)18-11(15)9(13)17-8/h7H,5-6H2,1-4H3,(H4-,14,15,16,18,20)/p+1/t7-/m1/s1. The number of nitrogens with zero attached hydrogens (tertiary/aromatic N) is 3. The van der Waals surface area contributed by atoms with Crippen LogP contribution in [0, 0.1) is 0 Å². The van der Waals surface area contributed by atoms with Gasteiger partial charge in [-0.3, -0.25) is 4.79 Å². The first-order valence-electron chi connectivity index (χ1n) is 6.34. The van der Waals surface area contributed by atoms with E-state index in [4.69, 9.17) is 23.1 Å². The molecule has 8 heteroatoms. The van der Waals surface area contributed by atoms with Crippen LogP contribution in [-0.4, -0.2) is 54.1 Å². The maximum absolute atomic E-state index is 12.1. The molecule has 1 aromatic heterocycles. The zero-order valence-corrected chi connectivity index (χ0v) is 13.0. The summed E-state index contributed by atoms with van der Waals surface area (Å²) < 4.78 is 0.750. The number of carbonyl (C=O) groups is 1. The molecule has 0 bridgehead atoms. The number of aromatic nitrogens is 2. The van der Waals surface area contributed by atoms with Gasteiger partial charge in [0.15, 0.2) is 22.5 Å². The van der Waals surface area contributed by atoms with Crippen molar-refractivity contribution in [2.45, 2.75) is 19.4 Å². The molecule has 0 radical (unpaired) electrons. The molecule has 0 aromatic carbocycles. The SMILES string of the molecule is CC[C@H](CNC(=O)c1nc(Cl)c(N)nc1N)[N+](C)(C)C. The molecule has 112 valence electrons. The van der Waals surface area contributed by atoms with E-state index in [1.165, 1.54) is 0 Å². The normalized spacial score (nSPS) is 13.1. The van der Waals surface area contributed by atoms with E-state index in [0.29, 0.717) is 6.54 Å². The molecule has 20 heavy (non-hydrogen) atoms. The van der Waals surface area contributed by atoms with Gasteiger partial charge in [0.2, 0.25) is 0 Å². The Kier molecular flexibility index (Phi) is 5.13. The van der Waals surface area contributed by atoms with Gasteiger partial charge in [0.05, 0.1) is 27.7 Å². The number of nitrogens with one attached hydrogen (secondary N) is 1. The fourth-order valence-electron chi connectivity index (χ4n) is 1.87. The fourth-order valence-corrected chi connectivity index (χ4v) is 2.00. The first-order valence-corrected chi connectivity index (χ1v) is 6.72. The van der Waals surface area contributed by atoms with Crippen LogP contribution < -0.4 is 16.8 Å². The molecule has 0 spiro atoms. The van der Waals surface area contributed by atoms with Gasteiger partial charge in [0.1, 0.15) is 6.04 Å². The number of nitrogen functional groups attached to an aromatic ring is 2. The molecule has 1 rings (SSSR count). The van der Waals surface area contributed by atoms with Crippen LogP contribution in [0.2, 0.25) is 5.15 Å². The summed E-state index contributed by atoms with van der Waals surface area (Å²) in [5.41, 5.74) is 11.1. The van der Waals surface area contributed by atoms with Crippen molar-refractivity contribution in [3.8, 4) is 0 Å². The Bertz CT molecular complexity index is 499. The van der Waals surface area contributed by atoms with Gasteiger partial charge < -0.3 is 21.3 Å². The summed E-state index contributed by atoms with van der Waals surface area (Å²) in [5, 5.41) is 2.78. The number of anilines is 2. The van der Waals surface area contributed by atoms with Crippen LogP contribution in [0.4, 0.5) is 11.6 Å². The molecule has 5 N–H and O–H groups in total. The highest BCUT2D eigenvalue weighted by Crippen LogP contribution is 2.17. The number of amides is 1. The van der Waals surface area contributed by atoms with Crippen LogP contribution in [-0.2, 0) is 0 Å². The van der Waals surface area contributed by atoms with Crippen LogP contribution in [0.15, 0.2) is 0 Å². The van der Waals surface area contributed by atoms with Gasteiger partial charge in [-0.25, -0.2) is 9.97 Å². The maximum atomic E-state index is 12.1. The first kappa shape index (κ1) is 16.5. The molecule has 1 aromatic rings. The summed E-state index contributed by atoms with van der Waals surface area (Å²) in [6, 6.07) is 0.289. The lowest BCUT2D eigenvalue weighted by molar-refractivity contribution is -0.894. The molecular formula is C12H22ClN6O+. The highest BCUT2D eigenvalue weighted by atomic mass is 35.5. The number of likely N-dealkylation sites (N-methyl/N-ethyl adjacent to an activating group) is 1. The maximum Gasteiger partial charge on any atom is 0.274 e. The Morgan fingerprint density at radius 3 is 2.40 bits per heavy atom. The second kappa shape index (κ2) is 6.23. The number of hydrogen-bond acceptors (Lipinski definition) is 5. The topological polar surface area (TPSA) is 107 Å². The van der Waals surface area contributed by atoms with Gasteiger partial charge in [0.25, 0.3) is 5.91 Å². The lowest BCUT2D eigenvalue weighted by Crippen LogP contribution is -2.50. The largest absolute Gasteiger partial charge is 0.382 e. The molecule has 0 aliphatic heterocycles. The summed E-state index contributed by atoms with van der Waals surface area (Å²) in [6.45, 7) is 2.59. The van der Waals surface area contributed by atoms with E-state index in [2.05, 4.69) is 43.4 Å². The van der Waals surface area contributed by atoms with Crippen molar-refractivity contribution in [1.29, 1.82) is 0 Å². The van der Waals surface area contributed by atoms with Crippen molar-refractivity contribution >= 4 is 29.1 Å². The highest BCUT2D eigenvalue weighted by Gasteiger charge is 2.23. The Balaban J connectivity index is 2.80. The quantitative estimate of drug-likeness (QED) is 0.687. The van der Waals surface area contributed by atoms with Crippen LogP contribution in [0.5, 0.6) is 0 Å². The predicted octanol–water partition coefficient (Wildman–Crippen LogP) is 0.509. The number of nitrogens with two attached hydrogens (primary N) is 2. The zero-order valence-electron chi connectivity index (χ0n) is 12.3. The molecule has 1 amide bonds. The fraction of sp³-hybridized carbons (Fsp3) is 0.583. The van der Waals surface area contributed by atoms with Crippen LogP contribution in [0.3, 0.4) is 0 Å². The molecule has 0 aliphatic rings. The van der Waals surface area contributed by atoms with E-state index >= 15 is 0 Å². The molecule has 1 atom stereocenters. The van der Waals surface area contributed by atoms with Crippen LogP contribution in [0.1, 0.15) is 23.8 Å². The molecule has 0 saturated carbocycles. The third-order valence-corrected chi connectivity index (χ3v) is 3.46. The molecule has 0 fully saturated rings. The lowest BCUT2D eigenvalue weighted by Gasteiger charge is -2.33. The van der Waals surface area contributed by atoms with E-state index in [1.807, 2.05) is 0 Å². The summed E-state index contributed by atoms with van der Waals surface area (Å²) in [5.74, 6) is -0.412. The van der Waals surface area contributed by atoms with Gasteiger partial charge in [-0.1, -0.05) is 18.5 Å². The number of rotatable bonds is 5. The number of hydrogen-bond donors (Lipinski definition) is 3. The summed E-state index contributed by atoms with van der Waals surface area (Å²) in [4.78, 5) is 19.7. The lowest BCUT2D eigenvalue weighted by atomic mass is 10.1. The van der Waals surface area contributed by atoms with Gasteiger partial charge >= 0.3 is 0 Å². The monoisotopic (exact) mass is 301 g/mol. The number of halogens is 1. The predicted molar refractivity (Wildman–Crippen MR) is 80.3 cm³/mol. The molecule has 0 unspecified atom stereocenters. The average molecular weight is 302 g/mol. The van der Waals surface area contributed by atoms with E-state index in [0.717, 1.165) is 10.9 Å². The van der Waals surface area contributed by atoms with Gasteiger partial charge in [-0.2, -0.15) is 0 Å². The first-order chi connectivity index (χ1) is 9.16. The van der Waals surface area contributed by atoms with Crippen molar-refractivity contribution in [3.05, 3.63) is 10.8 Å². The van der Waals surface area contributed by atoms with Gasteiger partial charge in [0, 0.05) is 0 Å². The van der Waals surface area contributed by atoms with E-state index in [9.17, 15) is 4.79 Å². The van der Waals surface area contributed by atoms with Crippen molar-refractivity contribution < 1.29 is 9.28 Å². The summed E-state index contributed by atoms with van der Waals surface area (Å²) in [6.07, 6.45) is 0.938. The molecule has 0 aliphatic carbocycles. The second-order valence-corrected chi connectivity index (χ2v) is 5.88. The minimum atomic E-state index is -0.399. The van der Waals surface area contributed by atoms with Crippen molar-refractivity contribution in [2.24, 2.45) is 0 Å². The Morgan fingerprint density at radius 2 is 1.90 bits per heavy atom. The average Bonchev–Trinajstić information content (AvgIpc) is 2.32. The Morgan fingerprint density at radius 1 is 1.30 bits per heavy atom. The Hall–Kier alpha value is -1.60. The van der Waals surface area contributed by atoms with Crippen LogP contribution in [0.25, 0.3) is 0 Å². The smallest absolute Gasteiger partial charge is 0.274 e. The summed E-state index contributed by atoms with van der Waals surface area (Å²) >= 11 is 5.76. The van der Waals surface area contributed by atoms with Crippen molar-refractivity contribution in [2.75, 3.05) is 39.2 Å². The third kappa shape index (κ3) is 3.94. The number of quaternary nitrogens is 1. The number of carbonyl (C=O) groups excluding carboxylic acids is 1. The Labute approximate surface area is 123 Å². The van der Waals surface area contributed by atoms with Crippen LogP contribution >= 0.6 is 11.6 Å². The molecule has 0 saturated heterocycles. The minimum absolute atomic E-state index is 0.000428. The van der Waals surface area contributed by atoms with Gasteiger partial charge in [-0.05, 0) is 6.42 Å². The molecule has 7 nitrogen and oxygen atoms in total. The van der Waals surface area contributed by atoms with Crippen molar-refractivity contribution in [1.82, 2.24) is 15.3 Å². The van der Waals surface area contributed by atoms with E-state index in [1.54, 1.807) is 0 Å². The van der Waals surface area contributed by atoms with Crippen molar-refractivity contribution in [3.63, 3.8) is 0 Å². The zero-order chi connectivity index (χ0) is 15.5. The third-order valence-electron chi connectivity index (χ3n) is 3.18. The van der Waals surface area contributed by atoms with Gasteiger partial charge in [-0.15, -0.1) is 0 Å². The minimum Gasteiger partial charge on any atom is -0.382 e. The van der Waals surface area contributed by atoms with E-state index < -0.39 is 5.91 Å². The van der Waals surface area contributed by atoms with E-state index in [-0.39, 0.29) is 28.5 Å². The molecule has 1 heterocycles. The highest BCUT2D eigenvalue weighted by molar-refractivity contribution is 6.31.